The summed E-state index contributed by atoms with van der Waals surface area (Å²) >= 11 is 3.30. The van der Waals surface area contributed by atoms with Crippen LogP contribution in [0.5, 0.6) is 0 Å². The van der Waals surface area contributed by atoms with E-state index in [0.29, 0.717) is 17.8 Å². The van der Waals surface area contributed by atoms with Crippen LogP contribution in [0.1, 0.15) is 17.9 Å². The van der Waals surface area contributed by atoms with Gasteiger partial charge in [-0.05, 0) is 40.2 Å². The van der Waals surface area contributed by atoms with E-state index in [1.54, 1.807) is 36.7 Å². The van der Waals surface area contributed by atoms with Gasteiger partial charge < -0.3 is 9.15 Å². The molecule has 0 aliphatic heterocycles. The van der Waals surface area contributed by atoms with Gasteiger partial charge in [-0.25, -0.2) is 4.98 Å². The Morgan fingerprint density at radius 1 is 1.35 bits per heavy atom. The number of esters is 1. The number of nitrogens with zero attached hydrogens (tertiary/aromatic N) is 2. The summed E-state index contributed by atoms with van der Waals surface area (Å²) in [7, 11) is 0. The van der Waals surface area contributed by atoms with Crippen LogP contribution in [-0.4, -0.2) is 15.4 Å². The zero-order valence-electron chi connectivity index (χ0n) is 12.1. The molecule has 7 heteroatoms. The molecule has 0 saturated heterocycles. The molecule has 0 radical (unpaired) electrons. The summed E-state index contributed by atoms with van der Waals surface area (Å²) in [5.74, 6) is 0.369. The van der Waals surface area contributed by atoms with Crippen molar-refractivity contribution in [2.75, 3.05) is 0 Å². The molecule has 0 saturated carbocycles. The van der Waals surface area contributed by atoms with Gasteiger partial charge in [0.2, 0.25) is 0 Å². The quantitative estimate of drug-likeness (QED) is 0.640. The van der Waals surface area contributed by atoms with Crippen LogP contribution in [-0.2, 0) is 22.6 Å². The van der Waals surface area contributed by atoms with E-state index >= 15 is 0 Å². The highest BCUT2D eigenvalue weighted by Crippen LogP contribution is 2.10. The Kier molecular flexibility index (Phi) is 4.57. The van der Waals surface area contributed by atoms with Crippen LogP contribution in [0.15, 0.2) is 56.5 Å². The topological polar surface area (TPSA) is 73.8 Å². The molecular formula is C16H13BrN2O4. The van der Waals surface area contributed by atoms with Crippen molar-refractivity contribution < 1.29 is 13.9 Å². The minimum atomic E-state index is -0.362. The van der Waals surface area contributed by atoms with E-state index in [0.717, 1.165) is 10.2 Å². The maximum atomic E-state index is 12.0. The first-order chi connectivity index (χ1) is 11.1. The lowest BCUT2D eigenvalue weighted by Crippen LogP contribution is -2.16. The van der Waals surface area contributed by atoms with Crippen molar-refractivity contribution in [1.82, 2.24) is 9.38 Å². The van der Waals surface area contributed by atoms with E-state index in [1.165, 1.54) is 10.5 Å². The molecular weight excluding hydrogens is 364 g/mol. The second-order valence-corrected chi connectivity index (χ2v) is 5.82. The van der Waals surface area contributed by atoms with Crippen molar-refractivity contribution >= 4 is 27.5 Å². The lowest BCUT2D eigenvalue weighted by molar-refractivity contribution is -0.145. The molecule has 0 aromatic carbocycles. The molecule has 0 unspecified atom stereocenters. The Labute approximate surface area is 139 Å². The SMILES string of the molecule is O=C(CCc1ccco1)OCc1cc(=O)n2cc(Br)ccc2n1. The monoisotopic (exact) mass is 376 g/mol. The highest BCUT2D eigenvalue weighted by molar-refractivity contribution is 9.10. The highest BCUT2D eigenvalue weighted by atomic mass is 79.9. The largest absolute Gasteiger partial charge is 0.469 e. The third-order valence-corrected chi connectivity index (χ3v) is 3.68. The van der Waals surface area contributed by atoms with Gasteiger partial charge in [0.15, 0.2) is 0 Å². The van der Waals surface area contributed by atoms with Crippen molar-refractivity contribution in [2.24, 2.45) is 0 Å². The molecule has 0 aliphatic rings. The number of furan rings is 1. The van der Waals surface area contributed by atoms with Crippen LogP contribution >= 0.6 is 15.9 Å². The summed E-state index contributed by atoms with van der Waals surface area (Å²) in [5.41, 5.74) is 0.698. The minimum Gasteiger partial charge on any atom is -0.469 e. The molecule has 3 aromatic heterocycles. The Morgan fingerprint density at radius 3 is 3.00 bits per heavy atom. The lowest BCUT2D eigenvalue weighted by Gasteiger charge is -2.06. The molecule has 0 N–H and O–H groups in total. The molecule has 3 aromatic rings. The number of carbonyl (C=O) groups is 1. The molecule has 23 heavy (non-hydrogen) atoms. The van der Waals surface area contributed by atoms with Crippen LogP contribution in [0, 0.1) is 0 Å². The smallest absolute Gasteiger partial charge is 0.306 e. The predicted molar refractivity (Wildman–Crippen MR) is 86.0 cm³/mol. The van der Waals surface area contributed by atoms with Gasteiger partial charge in [-0.1, -0.05) is 0 Å². The standard InChI is InChI=1S/C16H13BrN2O4/c17-11-3-5-14-18-12(8-15(20)19(14)9-11)10-23-16(21)6-4-13-2-1-7-22-13/h1-3,5,7-9H,4,6,10H2. The fourth-order valence-corrected chi connectivity index (χ4v) is 2.44. The summed E-state index contributed by atoms with van der Waals surface area (Å²) in [5, 5.41) is 0. The van der Waals surface area contributed by atoms with Gasteiger partial charge in [0.25, 0.3) is 5.56 Å². The molecule has 0 spiro atoms. The van der Waals surface area contributed by atoms with Crippen molar-refractivity contribution in [3.05, 3.63) is 69.1 Å². The minimum absolute atomic E-state index is 0.0290. The van der Waals surface area contributed by atoms with Gasteiger partial charge in [-0.2, -0.15) is 0 Å². The van der Waals surface area contributed by atoms with Gasteiger partial charge in [-0.3, -0.25) is 14.0 Å². The van der Waals surface area contributed by atoms with E-state index in [1.807, 2.05) is 0 Å². The van der Waals surface area contributed by atoms with Gasteiger partial charge >= 0.3 is 5.97 Å². The van der Waals surface area contributed by atoms with E-state index < -0.39 is 0 Å². The van der Waals surface area contributed by atoms with E-state index in [-0.39, 0.29) is 24.6 Å². The maximum absolute atomic E-state index is 12.0. The maximum Gasteiger partial charge on any atom is 0.306 e. The Hall–Kier alpha value is -2.41. The molecule has 0 fully saturated rings. The van der Waals surface area contributed by atoms with Crippen molar-refractivity contribution in [2.45, 2.75) is 19.4 Å². The molecule has 118 valence electrons. The van der Waals surface area contributed by atoms with Crippen LogP contribution in [0.3, 0.4) is 0 Å². The molecule has 0 atom stereocenters. The number of hydrogen-bond donors (Lipinski definition) is 0. The average Bonchev–Trinajstić information content (AvgIpc) is 3.05. The second-order valence-electron chi connectivity index (χ2n) is 4.90. The number of aromatic nitrogens is 2. The normalized spacial score (nSPS) is 10.8. The molecule has 0 bridgehead atoms. The fourth-order valence-electron chi connectivity index (χ4n) is 2.11. The third kappa shape index (κ3) is 3.87. The van der Waals surface area contributed by atoms with Crippen LogP contribution in [0.4, 0.5) is 0 Å². The number of ether oxygens (including phenoxy) is 1. The second kappa shape index (κ2) is 6.78. The molecule has 3 heterocycles. The summed E-state index contributed by atoms with van der Waals surface area (Å²) in [6, 6.07) is 8.44. The number of rotatable bonds is 5. The highest BCUT2D eigenvalue weighted by Gasteiger charge is 2.08. The molecule has 3 rings (SSSR count). The molecule has 6 nitrogen and oxygen atoms in total. The zero-order valence-corrected chi connectivity index (χ0v) is 13.7. The van der Waals surface area contributed by atoms with Gasteiger partial charge in [-0.15, -0.1) is 0 Å². The summed E-state index contributed by atoms with van der Waals surface area (Å²) in [6.07, 6.45) is 3.90. The number of fused-ring (bicyclic) bond motifs is 1. The molecule has 0 amide bonds. The van der Waals surface area contributed by atoms with Crippen molar-refractivity contribution in [3.8, 4) is 0 Å². The number of carbonyl (C=O) groups excluding carboxylic acids is 1. The van der Waals surface area contributed by atoms with Crippen LogP contribution < -0.4 is 5.56 Å². The van der Waals surface area contributed by atoms with Gasteiger partial charge in [0.1, 0.15) is 18.0 Å². The van der Waals surface area contributed by atoms with Gasteiger partial charge in [0, 0.05) is 23.2 Å². The predicted octanol–water partition coefficient (Wildman–Crippen LogP) is 2.73. The number of aryl methyl sites for hydroxylation is 1. The van der Waals surface area contributed by atoms with E-state index in [4.69, 9.17) is 9.15 Å². The third-order valence-electron chi connectivity index (χ3n) is 3.21. The van der Waals surface area contributed by atoms with Crippen LogP contribution in [0.25, 0.3) is 5.65 Å². The zero-order chi connectivity index (χ0) is 16.2. The van der Waals surface area contributed by atoms with Gasteiger partial charge in [0.05, 0.1) is 18.4 Å². The fraction of sp³-hybridized carbons (Fsp3) is 0.188. The first-order valence-corrected chi connectivity index (χ1v) is 7.77. The van der Waals surface area contributed by atoms with Crippen LogP contribution in [0.2, 0.25) is 0 Å². The first-order valence-electron chi connectivity index (χ1n) is 6.98. The number of halogens is 1. The summed E-state index contributed by atoms with van der Waals surface area (Å²) in [4.78, 5) is 28.1. The molecule has 0 aliphatic carbocycles. The summed E-state index contributed by atoms with van der Waals surface area (Å²) < 4.78 is 12.5. The number of pyridine rings is 1. The summed E-state index contributed by atoms with van der Waals surface area (Å²) in [6.45, 7) is -0.0290. The average molecular weight is 377 g/mol. The first kappa shape index (κ1) is 15.5. The Balaban J connectivity index is 1.64. The van der Waals surface area contributed by atoms with Crippen molar-refractivity contribution in [3.63, 3.8) is 0 Å². The van der Waals surface area contributed by atoms with E-state index in [2.05, 4.69) is 20.9 Å². The van der Waals surface area contributed by atoms with E-state index in [9.17, 15) is 9.59 Å². The Morgan fingerprint density at radius 2 is 2.22 bits per heavy atom. The lowest BCUT2D eigenvalue weighted by atomic mass is 10.2. The van der Waals surface area contributed by atoms with Crippen molar-refractivity contribution in [1.29, 1.82) is 0 Å². The Bertz CT molecular complexity index is 887. The number of hydrogen-bond acceptors (Lipinski definition) is 5.